The van der Waals surface area contributed by atoms with Crippen molar-refractivity contribution in [2.75, 3.05) is 25.5 Å². The number of nitrogens with one attached hydrogen (secondary N) is 1. The van der Waals surface area contributed by atoms with Gasteiger partial charge in [-0.3, -0.25) is 4.79 Å². The summed E-state index contributed by atoms with van der Waals surface area (Å²) in [6, 6.07) is 12.7. The number of hydrogen-bond donors (Lipinski definition) is 1. The average molecular weight is 511 g/mol. The van der Waals surface area contributed by atoms with Crippen molar-refractivity contribution in [2.45, 2.75) is 25.9 Å². The van der Waals surface area contributed by atoms with E-state index in [2.05, 4.69) is 32.3 Å². The monoisotopic (exact) mass is 510 g/mol. The summed E-state index contributed by atoms with van der Waals surface area (Å²) in [6.45, 7) is 3.87. The Morgan fingerprint density at radius 1 is 1.06 bits per heavy atom. The summed E-state index contributed by atoms with van der Waals surface area (Å²) >= 11 is 12.6. The van der Waals surface area contributed by atoms with E-state index in [0.717, 1.165) is 37.4 Å². The Balaban J connectivity index is 1.37. The molecule has 10 heteroatoms. The van der Waals surface area contributed by atoms with Crippen LogP contribution in [0.15, 0.2) is 53.5 Å². The number of nitrogens with zero attached hydrogens (tertiary/aromatic N) is 5. The van der Waals surface area contributed by atoms with E-state index in [9.17, 15) is 4.79 Å². The van der Waals surface area contributed by atoms with Gasteiger partial charge in [-0.25, -0.2) is 9.97 Å². The second-order valence-corrected chi connectivity index (χ2v) is 9.41. The van der Waals surface area contributed by atoms with Gasteiger partial charge >= 0.3 is 0 Å². The Labute approximate surface area is 212 Å². The smallest absolute Gasteiger partial charge is 0.282 e. The van der Waals surface area contributed by atoms with E-state index in [4.69, 9.17) is 27.9 Å². The molecule has 0 aliphatic carbocycles. The molecule has 0 spiro atoms. The van der Waals surface area contributed by atoms with Crippen LogP contribution in [0.5, 0.6) is 5.75 Å². The fourth-order valence-electron chi connectivity index (χ4n) is 4.12. The zero-order valence-corrected chi connectivity index (χ0v) is 20.8. The molecule has 0 unspecified atom stereocenters. The molecular formula is C25H24Cl2N6O2. The summed E-state index contributed by atoms with van der Waals surface area (Å²) < 4.78 is 7.31. The van der Waals surface area contributed by atoms with Crippen LogP contribution in [0, 0.1) is 6.92 Å². The normalized spacial score (nSPS) is 14.9. The third-order valence-corrected chi connectivity index (χ3v) is 6.64. The van der Waals surface area contributed by atoms with Crippen LogP contribution in [-0.2, 0) is 0 Å². The van der Waals surface area contributed by atoms with Gasteiger partial charge in [0.15, 0.2) is 0 Å². The van der Waals surface area contributed by atoms with Gasteiger partial charge in [0.25, 0.3) is 5.56 Å². The van der Waals surface area contributed by atoms with Crippen LogP contribution >= 0.6 is 23.2 Å². The molecule has 1 fully saturated rings. The highest BCUT2D eigenvalue weighted by Crippen LogP contribution is 2.28. The molecule has 1 aliphatic heterocycles. The van der Waals surface area contributed by atoms with Crippen molar-refractivity contribution >= 4 is 45.7 Å². The first-order valence-electron chi connectivity index (χ1n) is 11.3. The van der Waals surface area contributed by atoms with Crippen molar-refractivity contribution in [3.8, 4) is 11.4 Å². The van der Waals surface area contributed by atoms with Crippen molar-refractivity contribution in [3.05, 3.63) is 74.8 Å². The molecule has 0 amide bonds. The molecule has 3 heterocycles. The molecule has 4 aromatic rings. The molecule has 5 rings (SSSR count). The van der Waals surface area contributed by atoms with Gasteiger partial charge < -0.3 is 15.0 Å². The summed E-state index contributed by atoms with van der Waals surface area (Å²) in [7, 11) is 2.13. The summed E-state index contributed by atoms with van der Waals surface area (Å²) in [5.74, 6) is 1.20. The third-order valence-electron chi connectivity index (χ3n) is 6.03. The Morgan fingerprint density at radius 3 is 2.43 bits per heavy atom. The molecular weight excluding hydrogens is 487 g/mol. The lowest BCUT2D eigenvalue weighted by Gasteiger charge is -2.29. The molecule has 0 bridgehead atoms. The molecule has 0 saturated carbocycles. The second-order valence-electron chi connectivity index (χ2n) is 8.60. The lowest BCUT2D eigenvalue weighted by Crippen LogP contribution is -2.35. The van der Waals surface area contributed by atoms with Crippen molar-refractivity contribution in [1.29, 1.82) is 0 Å². The number of piperidine rings is 1. The van der Waals surface area contributed by atoms with Gasteiger partial charge in [-0.2, -0.15) is 9.78 Å². The van der Waals surface area contributed by atoms with Crippen LogP contribution in [0.4, 0.5) is 11.6 Å². The number of aromatic nitrogens is 4. The zero-order valence-electron chi connectivity index (χ0n) is 19.3. The number of ether oxygens (including phenoxy) is 1. The Kier molecular flexibility index (Phi) is 6.60. The highest BCUT2D eigenvalue weighted by molar-refractivity contribution is 6.37. The highest BCUT2D eigenvalue weighted by atomic mass is 35.5. The maximum absolute atomic E-state index is 13.1. The highest BCUT2D eigenvalue weighted by Gasteiger charge is 2.18. The first-order chi connectivity index (χ1) is 16.9. The molecule has 2 aromatic heterocycles. The maximum atomic E-state index is 13.1. The minimum absolute atomic E-state index is 0.244. The minimum Gasteiger partial charge on any atom is -0.490 e. The number of para-hydroxylation sites is 1. The van der Waals surface area contributed by atoms with Crippen molar-refractivity contribution in [1.82, 2.24) is 24.6 Å². The van der Waals surface area contributed by atoms with Gasteiger partial charge in [0.05, 0.1) is 21.1 Å². The van der Waals surface area contributed by atoms with Gasteiger partial charge in [0.2, 0.25) is 5.95 Å². The van der Waals surface area contributed by atoms with E-state index in [-0.39, 0.29) is 6.10 Å². The Hall–Kier alpha value is -3.20. The quantitative estimate of drug-likeness (QED) is 0.403. The number of anilines is 2. The summed E-state index contributed by atoms with van der Waals surface area (Å²) in [5.41, 5.74) is 1.73. The largest absolute Gasteiger partial charge is 0.490 e. The first-order valence-corrected chi connectivity index (χ1v) is 12.1. The number of hydrogen-bond acceptors (Lipinski definition) is 7. The lowest BCUT2D eigenvalue weighted by molar-refractivity contribution is 0.114. The predicted molar refractivity (Wildman–Crippen MR) is 139 cm³/mol. The molecule has 1 saturated heterocycles. The van der Waals surface area contributed by atoms with Crippen LogP contribution in [0.3, 0.4) is 0 Å². The Morgan fingerprint density at radius 2 is 1.74 bits per heavy atom. The van der Waals surface area contributed by atoms with Crippen LogP contribution in [-0.4, -0.2) is 50.9 Å². The van der Waals surface area contributed by atoms with Gasteiger partial charge in [0.1, 0.15) is 23.1 Å². The minimum atomic E-state index is -0.400. The number of likely N-dealkylation sites (tertiary alicyclic amines) is 1. The molecule has 8 nitrogen and oxygen atoms in total. The van der Waals surface area contributed by atoms with Gasteiger partial charge in [-0.1, -0.05) is 29.3 Å². The van der Waals surface area contributed by atoms with E-state index >= 15 is 0 Å². The summed E-state index contributed by atoms with van der Waals surface area (Å²) in [5, 5.41) is 8.57. The second kappa shape index (κ2) is 9.81. The molecule has 180 valence electrons. The van der Waals surface area contributed by atoms with Crippen molar-refractivity contribution in [2.24, 2.45) is 0 Å². The molecule has 0 radical (unpaired) electrons. The van der Waals surface area contributed by atoms with Crippen LogP contribution in [0.2, 0.25) is 10.0 Å². The number of aryl methyl sites for hydroxylation is 1. The standard InChI is InChI=1S/C25H24Cl2N6O2/c1-15-22-19(24(34)33(31-15)23-20(26)4-3-5-21(23)27)14-28-25(30-22)29-16-6-8-17(9-7-16)35-18-10-12-32(2)13-11-18/h3-9,14,18H,10-13H2,1-2H3,(H,28,29,30). The fraction of sp³-hybridized carbons (Fsp3) is 0.280. The molecule has 1 N–H and O–H groups in total. The molecule has 35 heavy (non-hydrogen) atoms. The molecule has 1 aliphatic rings. The first kappa shape index (κ1) is 23.5. The number of halogens is 2. The van der Waals surface area contributed by atoms with Gasteiger partial charge in [-0.15, -0.1) is 0 Å². The fourth-order valence-corrected chi connectivity index (χ4v) is 4.67. The SMILES string of the molecule is Cc1nn(-c2c(Cl)cccc2Cl)c(=O)c2cnc(Nc3ccc(OC4CCN(C)CC4)cc3)nc12. The van der Waals surface area contributed by atoms with E-state index in [1.165, 1.54) is 10.9 Å². The summed E-state index contributed by atoms with van der Waals surface area (Å²) in [4.78, 5) is 24.3. The van der Waals surface area contributed by atoms with Gasteiger partial charge in [0, 0.05) is 25.0 Å². The lowest BCUT2D eigenvalue weighted by atomic mass is 10.1. The van der Waals surface area contributed by atoms with E-state index in [0.29, 0.717) is 38.3 Å². The third kappa shape index (κ3) is 4.96. The topological polar surface area (TPSA) is 85.2 Å². The number of fused-ring (bicyclic) bond motifs is 1. The molecule has 2 aromatic carbocycles. The summed E-state index contributed by atoms with van der Waals surface area (Å²) in [6.07, 6.45) is 3.79. The number of benzene rings is 2. The molecule has 0 atom stereocenters. The Bertz CT molecular complexity index is 1410. The average Bonchev–Trinajstić information content (AvgIpc) is 2.85. The van der Waals surface area contributed by atoms with Crippen molar-refractivity contribution < 1.29 is 4.74 Å². The van der Waals surface area contributed by atoms with Gasteiger partial charge in [-0.05, 0) is 63.2 Å². The maximum Gasteiger partial charge on any atom is 0.282 e. The van der Waals surface area contributed by atoms with E-state index in [1.54, 1.807) is 25.1 Å². The predicted octanol–water partition coefficient (Wildman–Crippen LogP) is 5.01. The van der Waals surface area contributed by atoms with Crippen LogP contribution < -0.4 is 15.6 Å². The van der Waals surface area contributed by atoms with Crippen LogP contribution in [0.1, 0.15) is 18.5 Å². The zero-order chi connectivity index (χ0) is 24.5. The van der Waals surface area contributed by atoms with E-state index in [1.807, 2.05) is 24.3 Å². The van der Waals surface area contributed by atoms with Crippen molar-refractivity contribution in [3.63, 3.8) is 0 Å². The van der Waals surface area contributed by atoms with Crippen LogP contribution in [0.25, 0.3) is 16.6 Å². The van der Waals surface area contributed by atoms with E-state index < -0.39 is 5.56 Å². The number of rotatable bonds is 5.